The van der Waals surface area contributed by atoms with Gasteiger partial charge in [0.2, 0.25) is 0 Å². The van der Waals surface area contributed by atoms with E-state index in [0.717, 1.165) is 25.9 Å². The van der Waals surface area contributed by atoms with Crippen LogP contribution in [0.3, 0.4) is 0 Å². The van der Waals surface area contributed by atoms with Crippen LogP contribution in [0.4, 0.5) is 0 Å². The van der Waals surface area contributed by atoms with Crippen LogP contribution in [0.2, 0.25) is 5.02 Å². The van der Waals surface area contributed by atoms with E-state index in [1.54, 1.807) is 17.0 Å². The number of halogens is 1. The second-order valence-corrected chi connectivity index (χ2v) is 4.61. The molecule has 0 spiro atoms. The summed E-state index contributed by atoms with van der Waals surface area (Å²) in [6, 6.07) is 4.75. The van der Waals surface area contributed by atoms with Crippen molar-refractivity contribution in [2.24, 2.45) is 0 Å². The van der Waals surface area contributed by atoms with Crippen molar-refractivity contribution in [3.8, 4) is 5.75 Å². The first-order chi connectivity index (χ1) is 8.70. The van der Waals surface area contributed by atoms with E-state index in [9.17, 15) is 9.59 Å². The van der Waals surface area contributed by atoms with Crippen molar-refractivity contribution >= 4 is 23.8 Å². The SMILES string of the molecule is O=Cc1cc(Cl)ccc1OCC(=O)N1CCCC1. The van der Waals surface area contributed by atoms with Gasteiger partial charge in [-0.1, -0.05) is 11.6 Å². The highest BCUT2D eigenvalue weighted by molar-refractivity contribution is 6.30. The summed E-state index contributed by atoms with van der Waals surface area (Å²) in [7, 11) is 0. The van der Waals surface area contributed by atoms with E-state index in [1.165, 1.54) is 6.07 Å². The Balaban J connectivity index is 1.97. The van der Waals surface area contributed by atoms with Gasteiger partial charge in [-0.05, 0) is 31.0 Å². The minimum atomic E-state index is -0.0423. The monoisotopic (exact) mass is 267 g/mol. The maximum atomic E-state index is 11.8. The van der Waals surface area contributed by atoms with Crippen molar-refractivity contribution in [1.82, 2.24) is 4.90 Å². The molecule has 18 heavy (non-hydrogen) atoms. The molecule has 1 aliphatic heterocycles. The molecular formula is C13H14ClNO3. The van der Waals surface area contributed by atoms with Crippen molar-refractivity contribution in [3.63, 3.8) is 0 Å². The maximum absolute atomic E-state index is 11.8. The second-order valence-electron chi connectivity index (χ2n) is 4.18. The smallest absolute Gasteiger partial charge is 0.260 e. The average molecular weight is 268 g/mol. The number of hydrogen-bond donors (Lipinski definition) is 0. The van der Waals surface area contributed by atoms with Gasteiger partial charge >= 0.3 is 0 Å². The first-order valence-corrected chi connectivity index (χ1v) is 6.24. The van der Waals surface area contributed by atoms with Crippen LogP contribution in [0.25, 0.3) is 0 Å². The number of ether oxygens (including phenoxy) is 1. The lowest BCUT2D eigenvalue weighted by Crippen LogP contribution is -2.32. The van der Waals surface area contributed by atoms with Crippen molar-refractivity contribution in [2.45, 2.75) is 12.8 Å². The molecule has 1 aliphatic rings. The quantitative estimate of drug-likeness (QED) is 0.786. The van der Waals surface area contributed by atoms with Gasteiger partial charge in [0.15, 0.2) is 12.9 Å². The predicted molar refractivity (Wildman–Crippen MR) is 68.1 cm³/mol. The van der Waals surface area contributed by atoms with Crippen LogP contribution >= 0.6 is 11.6 Å². The van der Waals surface area contributed by atoms with Crippen LogP contribution in [0, 0.1) is 0 Å². The molecule has 0 bridgehead atoms. The molecule has 0 radical (unpaired) electrons. The lowest BCUT2D eigenvalue weighted by Gasteiger charge is -2.16. The van der Waals surface area contributed by atoms with E-state index in [2.05, 4.69) is 0 Å². The fraction of sp³-hybridized carbons (Fsp3) is 0.385. The van der Waals surface area contributed by atoms with E-state index in [4.69, 9.17) is 16.3 Å². The standard InChI is InChI=1S/C13H14ClNO3/c14-11-3-4-12(10(7-11)8-16)18-9-13(17)15-5-1-2-6-15/h3-4,7-8H,1-2,5-6,9H2. The average Bonchev–Trinajstić information content (AvgIpc) is 2.90. The summed E-state index contributed by atoms with van der Waals surface area (Å²) in [6.45, 7) is 1.55. The molecule has 1 amide bonds. The predicted octanol–water partition coefficient (Wildman–Crippen LogP) is 2.15. The Morgan fingerprint density at radius 2 is 2.11 bits per heavy atom. The summed E-state index contributed by atoms with van der Waals surface area (Å²) < 4.78 is 5.38. The Morgan fingerprint density at radius 3 is 2.78 bits per heavy atom. The van der Waals surface area contributed by atoms with Gasteiger partial charge in [-0.2, -0.15) is 0 Å². The van der Waals surface area contributed by atoms with Gasteiger partial charge in [-0.3, -0.25) is 9.59 Å². The highest BCUT2D eigenvalue weighted by Gasteiger charge is 2.18. The summed E-state index contributed by atoms with van der Waals surface area (Å²) in [5.41, 5.74) is 0.358. The molecule has 0 unspecified atom stereocenters. The van der Waals surface area contributed by atoms with Crippen LogP contribution in [0.1, 0.15) is 23.2 Å². The minimum absolute atomic E-state index is 0.0392. The Labute approximate surface area is 110 Å². The van der Waals surface area contributed by atoms with Gasteiger partial charge in [0.1, 0.15) is 5.75 Å². The fourth-order valence-electron chi connectivity index (χ4n) is 1.94. The highest BCUT2D eigenvalue weighted by atomic mass is 35.5. The van der Waals surface area contributed by atoms with Crippen molar-refractivity contribution in [3.05, 3.63) is 28.8 Å². The summed E-state index contributed by atoms with van der Waals surface area (Å²) in [4.78, 5) is 24.4. The minimum Gasteiger partial charge on any atom is -0.483 e. The van der Waals surface area contributed by atoms with E-state index in [-0.39, 0.29) is 12.5 Å². The zero-order valence-corrected chi connectivity index (χ0v) is 10.7. The summed E-state index contributed by atoms with van der Waals surface area (Å²) in [5, 5.41) is 0.468. The topological polar surface area (TPSA) is 46.6 Å². The molecule has 1 heterocycles. The van der Waals surface area contributed by atoms with Gasteiger partial charge in [-0.25, -0.2) is 0 Å². The van der Waals surface area contributed by atoms with Crippen LogP contribution in [-0.4, -0.2) is 36.8 Å². The largest absolute Gasteiger partial charge is 0.483 e. The third kappa shape index (κ3) is 3.01. The highest BCUT2D eigenvalue weighted by Crippen LogP contribution is 2.21. The fourth-order valence-corrected chi connectivity index (χ4v) is 2.12. The molecule has 1 aromatic carbocycles. The molecule has 1 saturated heterocycles. The summed E-state index contributed by atoms with van der Waals surface area (Å²) >= 11 is 5.77. The van der Waals surface area contributed by atoms with Crippen molar-refractivity contribution < 1.29 is 14.3 Å². The number of hydrogen-bond acceptors (Lipinski definition) is 3. The van der Waals surface area contributed by atoms with Gasteiger partial charge < -0.3 is 9.64 Å². The van der Waals surface area contributed by atoms with Crippen molar-refractivity contribution in [1.29, 1.82) is 0 Å². The summed E-state index contributed by atoms with van der Waals surface area (Å²) in [5.74, 6) is 0.348. The number of carbonyl (C=O) groups is 2. The number of rotatable bonds is 4. The molecule has 2 rings (SSSR count). The number of carbonyl (C=O) groups excluding carboxylic acids is 2. The second kappa shape index (κ2) is 5.87. The molecule has 0 atom stereocenters. The van der Waals surface area contributed by atoms with E-state index in [0.29, 0.717) is 22.6 Å². The molecule has 0 N–H and O–H groups in total. The molecule has 1 fully saturated rings. The van der Waals surface area contributed by atoms with Crippen LogP contribution < -0.4 is 4.74 Å². The first kappa shape index (κ1) is 12.9. The molecule has 0 aromatic heterocycles. The third-order valence-corrected chi connectivity index (χ3v) is 3.14. The lowest BCUT2D eigenvalue weighted by molar-refractivity contribution is -0.132. The molecule has 0 saturated carbocycles. The number of likely N-dealkylation sites (tertiary alicyclic amines) is 1. The number of aldehydes is 1. The molecule has 5 heteroatoms. The molecule has 96 valence electrons. The lowest BCUT2D eigenvalue weighted by atomic mass is 10.2. The maximum Gasteiger partial charge on any atom is 0.260 e. The zero-order valence-electron chi connectivity index (χ0n) is 9.89. The molecule has 1 aromatic rings. The first-order valence-electron chi connectivity index (χ1n) is 5.86. The Kier molecular flexibility index (Phi) is 4.20. The van der Waals surface area contributed by atoms with Crippen LogP contribution in [0.15, 0.2) is 18.2 Å². The van der Waals surface area contributed by atoms with Gasteiger partial charge in [0, 0.05) is 18.1 Å². The molecule has 0 aliphatic carbocycles. The van der Waals surface area contributed by atoms with Crippen molar-refractivity contribution in [2.75, 3.05) is 19.7 Å². The number of nitrogens with zero attached hydrogens (tertiary/aromatic N) is 1. The summed E-state index contributed by atoms with van der Waals surface area (Å²) in [6.07, 6.45) is 2.76. The van der Waals surface area contributed by atoms with E-state index in [1.807, 2.05) is 0 Å². The van der Waals surface area contributed by atoms with Crippen LogP contribution in [0.5, 0.6) is 5.75 Å². The zero-order chi connectivity index (χ0) is 13.0. The van der Waals surface area contributed by atoms with Gasteiger partial charge in [0.05, 0.1) is 5.56 Å². The Hall–Kier alpha value is -1.55. The van der Waals surface area contributed by atoms with Gasteiger partial charge in [0.25, 0.3) is 5.91 Å². The van der Waals surface area contributed by atoms with E-state index < -0.39 is 0 Å². The Morgan fingerprint density at radius 1 is 1.39 bits per heavy atom. The van der Waals surface area contributed by atoms with Crippen LogP contribution in [-0.2, 0) is 4.79 Å². The number of amides is 1. The normalized spacial score (nSPS) is 14.6. The third-order valence-electron chi connectivity index (χ3n) is 2.91. The van der Waals surface area contributed by atoms with E-state index >= 15 is 0 Å². The number of benzene rings is 1. The van der Waals surface area contributed by atoms with Gasteiger partial charge in [-0.15, -0.1) is 0 Å². The molecule has 4 nitrogen and oxygen atoms in total. The molecular weight excluding hydrogens is 254 g/mol. The Bertz CT molecular complexity index is 456.